The molecule has 0 aromatic rings. The van der Waals surface area contributed by atoms with Crippen LogP contribution in [0.2, 0.25) is 0 Å². The van der Waals surface area contributed by atoms with Crippen LogP contribution in [-0.4, -0.2) is 42.8 Å². The van der Waals surface area contributed by atoms with Crippen molar-refractivity contribution >= 4 is 11.7 Å². The zero-order chi connectivity index (χ0) is 18.3. The highest BCUT2D eigenvalue weighted by Gasteiger charge is 2.14. The van der Waals surface area contributed by atoms with Gasteiger partial charge in [0.05, 0.1) is 12.1 Å². The molecule has 0 heterocycles. The van der Waals surface area contributed by atoms with Gasteiger partial charge < -0.3 is 16.4 Å². The molecule has 23 heavy (non-hydrogen) atoms. The molecule has 0 aliphatic heterocycles. The monoisotopic (exact) mass is 327 g/mol. The number of hydrogen-bond donors (Lipinski definition) is 2. The Labute approximate surface area is 142 Å². The molecule has 136 valence electrons. The van der Waals surface area contributed by atoms with Crippen molar-refractivity contribution in [3.8, 4) is 0 Å². The van der Waals surface area contributed by atoms with Crippen molar-refractivity contribution in [3.05, 3.63) is 12.2 Å². The van der Waals surface area contributed by atoms with Crippen molar-refractivity contribution < 1.29 is 9.59 Å². The molecule has 2 atom stereocenters. The van der Waals surface area contributed by atoms with Gasteiger partial charge in [0.2, 0.25) is 5.91 Å². The maximum absolute atomic E-state index is 11.5. The van der Waals surface area contributed by atoms with Crippen molar-refractivity contribution in [1.82, 2.24) is 4.90 Å². The number of hydrogen-bond acceptors (Lipinski definition) is 4. The van der Waals surface area contributed by atoms with E-state index in [1.165, 1.54) is 4.90 Å². The quantitative estimate of drug-likeness (QED) is 0.451. The third kappa shape index (κ3) is 13.0. The number of nitrogens with zero attached hydrogens (tertiary/aromatic N) is 1. The summed E-state index contributed by atoms with van der Waals surface area (Å²) in [5.74, 6) is 0.118. The topological polar surface area (TPSA) is 89.4 Å². The molecule has 0 aliphatic carbocycles. The van der Waals surface area contributed by atoms with Gasteiger partial charge in [0.15, 0.2) is 0 Å². The Balaban J connectivity index is 0. The highest BCUT2D eigenvalue weighted by molar-refractivity contribution is 5.83. The number of Topliss-reactive ketones (excluding diaryl/α,β-unsaturated/α-hetero) is 1. The van der Waals surface area contributed by atoms with Crippen LogP contribution in [0, 0.1) is 0 Å². The highest BCUT2D eigenvalue weighted by atomic mass is 16.2. The summed E-state index contributed by atoms with van der Waals surface area (Å²) in [6, 6.07) is -0.704. The number of amides is 1. The summed E-state index contributed by atoms with van der Waals surface area (Å²) in [7, 11) is 3.44. The summed E-state index contributed by atoms with van der Waals surface area (Å²) in [5.41, 5.74) is 11.5. The average Bonchev–Trinajstić information content (AvgIpc) is 2.56. The molecular weight excluding hydrogens is 290 g/mol. The van der Waals surface area contributed by atoms with Gasteiger partial charge in [-0.2, -0.15) is 0 Å². The molecule has 0 saturated carbocycles. The van der Waals surface area contributed by atoms with Crippen LogP contribution in [0.3, 0.4) is 0 Å². The van der Waals surface area contributed by atoms with Crippen LogP contribution in [-0.2, 0) is 9.59 Å². The lowest BCUT2D eigenvalue weighted by Gasteiger charge is -2.15. The molecular formula is C18H37N3O2. The van der Waals surface area contributed by atoms with Crippen LogP contribution < -0.4 is 11.5 Å². The van der Waals surface area contributed by atoms with Crippen LogP contribution in [0.15, 0.2) is 12.2 Å². The van der Waals surface area contributed by atoms with Crippen molar-refractivity contribution in [1.29, 1.82) is 0 Å². The Morgan fingerprint density at radius 3 is 1.78 bits per heavy atom. The van der Waals surface area contributed by atoms with Crippen LogP contribution in [0.5, 0.6) is 0 Å². The Morgan fingerprint density at radius 2 is 1.39 bits per heavy atom. The Kier molecular flexibility index (Phi) is 16.4. The molecule has 1 amide bonds. The van der Waals surface area contributed by atoms with E-state index in [-0.39, 0.29) is 17.7 Å². The third-order valence-electron chi connectivity index (χ3n) is 3.46. The van der Waals surface area contributed by atoms with Crippen molar-refractivity contribution in [3.63, 3.8) is 0 Å². The SMILES string of the molecule is CC.CCC(=O)C(N)CCC/C=C\CCCC(N)C(=O)N(C)C. The standard InChI is InChI=1S/C16H31N3O2.C2H6/c1-4-15(20)13(17)11-9-7-5-6-8-10-12-14(18)16(21)19(2)3;1-2/h5-6,13-14H,4,7-12,17-18H2,1-3H3;1-2H3/b6-5-;. The third-order valence-corrected chi connectivity index (χ3v) is 3.46. The smallest absolute Gasteiger partial charge is 0.238 e. The summed E-state index contributed by atoms with van der Waals surface area (Å²) in [5, 5.41) is 0. The second kappa shape index (κ2) is 15.7. The molecule has 5 nitrogen and oxygen atoms in total. The van der Waals surface area contributed by atoms with Gasteiger partial charge in [0, 0.05) is 20.5 Å². The second-order valence-corrected chi connectivity index (χ2v) is 5.60. The van der Waals surface area contributed by atoms with Crippen molar-refractivity contribution in [2.45, 2.75) is 77.8 Å². The number of ketones is 1. The molecule has 0 aromatic carbocycles. The number of unbranched alkanes of at least 4 members (excludes halogenated alkanes) is 2. The van der Waals surface area contributed by atoms with E-state index in [1.807, 2.05) is 20.8 Å². The number of rotatable bonds is 11. The fraction of sp³-hybridized carbons (Fsp3) is 0.778. The van der Waals surface area contributed by atoms with Gasteiger partial charge in [0.1, 0.15) is 5.78 Å². The highest BCUT2D eigenvalue weighted by Crippen LogP contribution is 2.05. The first-order valence-electron chi connectivity index (χ1n) is 8.80. The number of likely N-dealkylation sites (N-methyl/N-ethyl adjacent to an activating group) is 1. The summed E-state index contributed by atoms with van der Waals surface area (Å²) < 4.78 is 0. The van der Waals surface area contributed by atoms with E-state index in [0.29, 0.717) is 12.8 Å². The molecule has 4 N–H and O–H groups in total. The molecule has 0 bridgehead atoms. The summed E-state index contributed by atoms with van der Waals surface area (Å²) in [6.45, 7) is 5.84. The van der Waals surface area contributed by atoms with Crippen LogP contribution in [0.25, 0.3) is 0 Å². The maximum atomic E-state index is 11.5. The molecule has 2 unspecified atom stereocenters. The predicted octanol–water partition coefficient (Wildman–Crippen LogP) is 2.63. The fourth-order valence-corrected chi connectivity index (χ4v) is 2.03. The second-order valence-electron chi connectivity index (χ2n) is 5.60. The lowest BCUT2D eigenvalue weighted by atomic mass is 10.0. The van der Waals surface area contributed by atoms with Gasteiger partial charge in [-0.25, -0.2) is 0 Å². The lowest BCUT2D eigenvalue weighted by Crippen LogP contribution is -2.39. The zero-order valence-corrected chi connectivity index (χ0v) is 15.7. The van der Waals surface area contributed by atoms with E-state index < -0.39 is 6.04 Å². The van der Waals surface area contributed by atoms with Gasteiger partial charge in [-0.3, -0.25) is 9.59 Å². The van der Waals surface area contributed by atoms with E-state index >= 15 is 0 Å². The molecule has 0 aromatic heterocycles. The summed E-state index contributed by atoms with van der Waals surface area (Å²) in [6.07, 6.45) is 9.90. The molecule has 0 rings (SSSR count). The maximum Gasteiger partial charge on any atom is 0.238 e. The average molecular weight is 328 g/mol. The van der Waals surface area contributed by atoms with Crippen LogP contribution in [0.1, 0.15) is 65.7 Å². The van der Waals surface area contributed by atoms with Gasteiger partial charge in [-0.15, -0.1) is 0 Å². The fourth-order valence-electron chi connectivity index (χ4n) is 2.03. The summed E-state index contributed by atoms with van der Waals surface area (Å²) >= 11 is 0. The number of allylic oxidation sites excluding steroid dienone is 2. The van der Waals surface area contributed by atoms with E-state index in [2.05, 4.69) is 12.2 Å². The molecule has 0 aliphatic rings. The molecule has 0 saturated heterocycles. The normalized spacial score (nSPS) is 13.2. The lowest BCUT2D eigenvalue weighted by molar-refractivity contribution is -0.130. The van der Waals surface area contributed by atoms with Gasteiger partial charge >= 0.3 is 0 Å². The molecule has 0 radical (unpaired) electrons. The molecule has 0 fully saturated rings. The first-order valence-corrected chi connectivity index (χ1v) is 8.80. The number of carbonyl (C=O) groups excluding carboxylic acids is 2. The van der Waals surface area contributed by atoms with E-state index in [0.717, 1.165) is 32.1 Å². The largest absolute Gasteiger partial charge is 0.347 e. The minimum Gasteiger partial charge on any atom is -0.347 e. The van der Waals surface area contributed by atoms with Gasteiger partial charge in [-0.05, 0) is 38.5 Å². The van der Waals surface area contributed by atoms with Gasteiger partial charge in [0.25, 0.3) is 0 Å². The van der Waals surface area contributed by atoms with Gasteiger partial charge in [-0.1, -0.05) is 32.9 Å². The number of nitrogens with two attached hydrogens (primary N) is 2. The van der Waals surface area contributed by atoms with Crippen LogP contribution >= 0.6 is 0 Å². The zero-order valence-electron chi connectivity index (χ0n) is 15.7. The van der Waals surface area contributed by atoms with Crippen LogP contribution in [0.4, 0.5) is 0 Å². The van der Waals surface area contributed by atoms with Crippen molar-refractivity contribution in [2.24, 2.45) is 11.5 Å². The number of carbonyl (C=O) groups is 2. The first-order chi connectivity index (χ1) is 10.9. The summed E-state index contributed by atoms with van der Waals surface area (Å²) in [4.78, 5) is 24.4. The van der Waals surface area contributed by atoms with E-state index in [9.17, 15) is 9.59 Å². The van der Waals surface area contributed by atoms with E-state index in [1.54, 1.807) is 14.1 Å². The minimum absolute atomic E-state index is 0.0199. The predicted molar refractivity (Wildman–Crippen MR) is 98.1 cm³/mol. The Bertz CT molecular complexity index is 341. The molecule has 0 spiro atoms. The Morgan fingerprint density at radius 1 is 0.957 bits per heavy atom. The van der Waals surface area contributed by atoms with E-state index in [4.69, 9.17) is 11.5 Å². The Hall–Kier alpha value is -1.20. The van der Waals surface area contributed by atoms with Crippen molar-refractivity contribution in [2.75, 3.05) is 14.1 Å². The molecule has 5 heteroatoms. The first kappa shape index (κ1) is 24.1. The minimum atomic E-state index is -0.397.